The van der Waals surface area contributed by atoms with E-state index in [0.29, 0.717) is 13.0 Å². The monoisotopic (exact) mass is 465 g/mol. The van der Waals surface area contributed by atoms with Crippen LogP contribution < -0.4 is 15.0 Å². The molecule has 2 heterocycles. The molecule has 7 heteroatoms. The number of methoxy groups -OCH3 is 1. The number of nitrogens with zero attached hydrogens (tertiary/aromatic N) is 2. The van der Waals surface area contributed by atoms with E-state index < -0.39 is 0 Å². The number of amides is 1. The minimum Gasteiger partial charge on any atom is -0.497 e. The Balaban J connectivity index is 1.63. The molecule has 0 saturated carbocycles. The highest BCUT2D eigenvalue weighted by Gasteiger charge is 2.29. The van der Waals surface area contributed by atoms with Crippen LogP contribution in [0.5, 0.6) is 5.75 Å². The van der Waals surface area contributed by atoms with Crippen molar-refractivity contribution in [2.45, 2.75) is 45.3 Å². The van der Waals surface area contributed by atoms with Crippen molar-refractivity contribution < 1.29 is 14.3 Å². The van der Waals surface area contributed by atoms with Gasteiger partial charge in [0, 0.05) is 29.8 Å². The molecule has 1 aromatic heterocycles. The molecule has 1 aliphatic heterocycles. The van der Waals surface area contributed by atoms with E-state index in [4.69, 9.17) is 14.5 Å². The van der Waals surface area contributed by atoms with Crippen LogP contribution in [0.2, 0.25) is 0 Å². The second-order valence-electron chi connectivity index (χ2n) is 8.26. The fourth-order valence-electron chi connectivity index (χ4n) is 4.09. The lowest BCUT2D eigenvalue weighted by Crippen LogP contribution is -2.46. The Hall–Kier alpha value is -2.90. The highest BCUT2D eigenvalue weighted by Crippen LogP contribution is 2.35. The Morgan fingerprint density at radius 1 is 1.30 bits per heavy atom. The number of anilines is 2. The molecule has 1 aliphatic rings. The van der Waals surface area contributed by atoms with Crippen LogP contribution in [0.1, 0.15) is 31.7 Å². The van der Waals surface area contributed by atoms with Gasteiger partial charge in [0.25, 0.3) is 0 Å². The third-order valence-electron chi connectivity index (χ3n) is 5.89. The van der Waals surface area contributed by atoms with Gasteiger partial charge in [-0.1, -0.05) is 19.1 Å². The molecule has 1 N–H and O–H groups in total. The van der Waals surface area contributed by atoms with Gasteiger partial charge in [0.15, 0.2) is 5.13 Å². The van der Waals surface area contributed by atoms with Gasteiger partial charge in [0.05, 0.1) is 18.9 Å². The number of carbonyl (C=O) groups excluding carboxylic acids is 1. The second-order valence-corrected chi connectivity index (χ2v) is 9.09. The van der Waals surface area contributed by atoms with E-state index in [-0.39, 0.29) is 18.1 Å². The van der Waals surface area contributed by atoms with E-state index in [0.717, 1.165) is 52.8 Å². The first-order valence-electron chi connectivity index (χ1n) is 11.4. The molecule has 33 heavy (non-hydrogen) atoms. The molecular weight excluding hydrogens is 434 g/mol. The van der Waals surface area contributed by atoms with Crippen LogP contribution in [0.25, 0.3) is 11.3 Å². The minimum absolute atomic E-state index is 0.00398. The number of nitrogens with one attached hydrogen (secondary N) is 1. The fraction of sp³-hybridized carbons (Fsp3) is 0.385. The van der Waals surface area contributed by atoms with E-state index >= 15 is 0 Å². The van der Waals surface area contributed by atoms with Gasteiger partial charge in [0.1, 0.15) is 11.8 Å². The molecule has 0 spiro atoms. The third-order valence-corrected chi connectivity index (χ3v) is 6.73. The zero-order chi connectivity index (χ0) is 23.2. The average molecular weight is 466 g/mol. The number of hydrogen-bond acceptors (Lipinski definition) is 6. The van der Waals surface area contributed by atoms with Gasteiger partial charge in [-0.15, -0.1) is 11.3 Å². The maximum absolute atomic E-state index is 13.3. The second kappa shape index (κ2) is 10.8. The van der Waals surface area contributed by atoms with Crippen LogP contribution >= 0.6 is 11.3 Å². The van der Waals surface area contributed by atoms with Crippen molar-refractivity contribution in [1.82, 2.24) is 10.3 Å². The molecule has 3 aromatic rings. The summed E-state index contributed by atoms with van der Waals surface area (Å²) in [5, 5.41) is 5.95. The van der Waals surface area contributed by atoms with E-state index in [2.05, 4.69) is 29.3 Å². The Labute approximate surface area is 199 Å². The summed E-state index contributed by atoms with van der Waals surface area (Å²) in [6, 6.07) is 15.7. The van der Waals surface area contributed by atoms with Gasteiger partial charge in [-0.3, -0.25) is 4.79 Å². The normalized spacial score (nSPS) is 16.4. The van der Waals surface area contributed by atoms with Gasteiger partial charge in [-0.2, -0.15) is 0 Å². The molecule has 6 nitrogen and oxygen atoms in total. The SMILES string of the molecule is CC[C@@H](C(=O)NC[C@H]1CCCO1)N(c1cccc(C)c1)c1nc(-c2ccc(OC)cc2)cs1. The summed E-state index contributed by atoms with van der Waals surface area (Å²) in [5.41, 5.74) is 3.99. The highest BCUT2D eigenvalue weighted by atomic mass is 32.1. The topological polar surface area (TPSA) is 63.7 Å². The van der Waals surface area contributed by atoms with Gasteiger partial charge in [-0.05, 0) is 68.1 Å². The zero-order valence-electron chi connectivity index (χ0n) is 19.4. The molecule has 1 amide bonds. The number of carbonyl (C=O) groups is 1. The first-order valence-corrected chi connectivity index (χ1v) is 12.3. The molecule has 0 bridgehead atoms. The summed E-state index contributed by atoms with van der Waals surface area (Å²) in [6.07, 6.45) is 2.82. The van der Waals surface area contributed by atoms with Crippen LogP contribution in [0, 0.1) is 6.92 Å². The van der Waals surface area contributed by atoms with Crippen LogP contribution in [0.4, 0.5) is 10.8 Å². The molecule has 174 valence electrons. The van der Waals surface area contributed by atoms with E-state index in [9.17, 15) is 4.79 Å². The van der Waals surface area contributed by atoms with Crippen LogP contribution in [0.15, 0.2) is 53.9 Å². The maximum atomic E-state index is 13.3. The lowest BCUT2D eigenvalue weighted by atomic mass is 10.1. The average Bonchev–Trinajstić information content (AvgIpc) is 3.53. The maximum Gasteiger partial charge on any atom is 0.243 e. The summed E-state index contributed by atoms with van der Waals surface area (Å²) in [7, 11) is 1.66. The molecule has 0 unspecified atom stereocenters. The van der Waals surface area contributed by atoms with Crippen molar-refractivity contribution in [2.24, 2.45) is 0 Å². The number of hydrogen-bond donors (Lipinski definition) is 1. The van der Waals surface area contributed by atoms with Crippen molar-refractivity contribution in [3.63, 3.8) is 0 Å². The lowest BCUT2D eigenvalue weighted by molar-refractivity contribution is -0.122. The third kappa shape index (κ3) is 5.54. The highest BCUT2D eigenvalue weighted by molar-refractivity contribution is 7.14. The summed E-state index contributed by atoms with van der Waals surface area (Å²) in [6.45, 7) is 5.42. The van der Waals surface area contributed by atoms with Crippen molar-refractivity contribution in [3.8, 4) is 17.0 Å². The zero-order valence-corrected chi connectivity index (χ0v) is 20.2. The quantitative estimate of drug-likeness (QED) is 0.462. The summed E-state index contributed by atoms with van der Waals surface area (Å²) in [5.74, 6) is 0.806. The number of aromatic nitrogens is 1. The first-order chi connectivity index (χ1) is 16.1. The van der Waals surface area contributed by atoms with Gasteiger partial charge >= 0.3 is 0 Å². The summed E-state index contributed by atoms with van der Waals surface area (Å²) in [4.78, 5) is 20.3. The fourth-order valence-corrected chi connectivity index (χ4v) is 5.00. The number of rotatable bonds is 9. The van der Waals surface area contributed by atoms with Crippen molar-refractivity contribution in [2.75, 3.05) is 25.2 Å². The number of aryl methyl sites for hydroxylation is 1. The predicted octanol–water partition coefficient (Wildman–Crippen LogP) is 5.34. The number of benzene rings is 2. The molecule has 0 aliphatic carbocycles. The molecule has 2 atom stereocenters. The summed E-state index contributed by atoms with van der Waals surface area (Å²) < 4.78 is 11.0. The minimum atomic E-state index is -0.372. The van der Waals surface area contributed by atoms with E-state index in [1.165, 1.54) is 0 Å². The summed E-state index contributed by atoms with van der Waals surface area (Å²) >= 11 is 1.55. The smallest absolute Gasteiger partial charge is 0.243 e. The van der Waals surface area contributed by atoms with Gasteiger partial charge < -0.3 is 19.7 Å². The molecular formula is C26H31N3O3S. The number of thiazole rings is 1. The molecule has 0 radical (unpaired) electrons. The van der Waals surface area contributed by atoms with Crippen LogP contribution in [0.3, 0.4) is 0 Å². The standard InChI is InChI=1S/C26H31N3O3S/c1-4-24(25(30)27-16-22-9-6-14-32-22)29(20-8-5-7-18(2)15-20)26-28-23(17-33-26)19-10-12-21(31-3)13-11-19/h5,7-8,10-13,15,17,22,24H,4,6,9,14,16H2,1-3H3,(H,27,30)/t22-,24+/m1/s1. The Morgan fingerprint density at radius 2 is 2.12 bits per heavy atom. The Bertz CT molecular complexity index is 1060. The van der Waals surface area contributed by atoms with Crippen LogP contribution in [-0.4, -0.2) is 43.3 Å². The Kier molecular flexibility index (Phi) is 7.62. The molecule has 1 saturated heterocycles. The van der Waals surface area contributed by atoms with Gasteiger partial charge in [0.2, 0.25) is 5.91 Å². The molecule has 2 aromatic carbocycles. The molecule has 4 rings (SSSR count). The van der Waals surface area contributed by atoms with Crippen molar-refractivity contribution >= 4 is 28.1 Å². The van der Waals surface area contributed by atoms with Crippen LogP contribution in [-0.2, 0) is 9.53 Å². The lowest BCUT2D eigenvalue weighted by Gasteiger charge is -2.30. The van der Waals surface area contributed by atoms with E-state index in [1.807, 2.05) is 48.7 Å². The predicted molar refractivity (Wildman–Crippen MR) is 133 cm³/mol. The van der Waals surface area contributed by atoms with Crippen molar-refractivity contribution in [1.29, 1.82) is 0 Å². The van der Waals surface area contributed by atoms with Crippen molar-refractivity contribution in [3.05, 3.63) is 59.5 Å². The number of ether oxygens (including phenoxy) is 2. The van der Waals surface area contributed by atoms with Gasteiger partial charge in [-0.25, -0.2) is 4.98 Å². The largest absolute Gasteiger partial charge is 0.497 e. The first kappa shape index (κ1) is 23.3. The van der Waals surface area contributed by atoms with E-state index in [1.54, 1.807) is 18.4 Å². The Morgan fingerprint density at radius 3 is 2.79 bits per heavy atom. The molecule has 1 fully saturated rings.